The summed E-state index contributed by atoms with van der Waals surface area (Å²) >= 11 is 0. The maximum Gasteiger partial charge on any atom is 0.237 e. The van der Waals surface area contributed by atoms with Gasteiger partial charge in [-0.1, -0.05) is 6.07 Å². The van der Waals surface area contributed by atoms with E-state index >= 15 is 0 Å². The number of nitrogens with two attached hydrogens (primary N) is 2. The largest absolute Gasteiger partial charge is 0.368 e. The molecule has 1 aliphatic carbocycles. The van der Waals surface area contributed by atoms with Crippen molar-refractivity contribution in [2.75, 3.05) is 13.6 Å². The number of carbonyl (C=O) groups is 1. The molecule has 1 amide bonds. The van der Waals surface area contributed by atoms with Crippen LogP contribution < -0.4 is 11.5 Å². The van der Waals surface area contributed by atoms with E-state index in [9.17, 15) is 4.79 Å². The predicted molar refractivity (Wildman–Crippen MR) is 74.3 cm³/mol. The third-order valence-electron chi connectivity index (χ3n) is 4.08. The Hall–Kier alpha value is -1.46. The van der Waals surface area contributed by atoms with Crippen molar-refractivity contribution < 1.29 is 4.79 Å². The molecule has 0 bridgehead atoms. The fraction of sp³-hybridized carbons (Fsp3) is 0.571. The first kappa shape index (κ1) is 14.0. The molecule has 104 valence electrons. The van der Waals surface area contributed by atoms with Crippen LogP contribution in [0.4, 0.5) is 0 Å². The summed E-state index contributed by atoms with van der Waals surface area (Å²) in [6.07, 6.45) is 4.98. The van der Waals surface area contributed by atoms with Gasteiger partial charge in [0.05, 0.1) is 5.54 Å². The van der Waals surface area contributed by atoms with Crippen molar-refractivity contribution in [1.82, 2.24) is 9.88 Å². The third-order valence-corrected chi connectivity index (χ3v) is 4.08. The van der Waals surface area contributed by atoms with Crippen molar-refractivity contribution >= 4 is 5.91 Å². The molecule has 0 saturated heterocycles. The molecule has 5 heteroatoms. The molecule has 2 unspecified atom stereocenters. The minimum absolute atomic E-state index is 0.334. The number of hydrogen-bond donors (Lipinski definition) is 2. The first-order valence-corrected chi connectivity index (χ1v) is 6.70. The summed E-state index contributed by atoms with van der Waals surface area (Å²) < 4.78 is 0. The molecule has 2 rings (SSSR count). The molecular weight excluding hydrogens is 240 g/mol. The van der Waals surface area contributed by atoms with Crippen molar-refractivity contribution in [3.8, 4) is 0 Å². The van der Waals surface area contributed by atoms with Crippen LogP contribution in [0.5, 0.6) is 0 Å². The Balaban J connectivity index is 1.85. The average molecular weight is 262 g/mol. The smallest absolute Gasteiger partial charge is 0.237 e. The normalized spacial score (nSPS) is 26.8. The minimum Gasteiger partial charge on any atom is -0.368 e. The third kappa shape index (κ3) is 3.30. The molecule has 0 aromatic carbocycles. The Kier molecular flexibility index (Phi) is 4.17. The van der Waals surface area contributed by atoms with Crippen LogP contribution in [-0.2, 0) is 11.2 Å². The van der Waals surface area contributed by atoms with Gasteiger partial charge in [0.25, 0.3) is 0 Å². The number of pyridine rings is 1. The van der Waals surface area contributed by atoms with Crippen LogP contribution in [0.1, 0.15) is 25.0 Å². The number of carbonyl (C=O) groups excluding carboxylic acids is 1. The number of amides is 1. The SMILES string of the molecule is CN(CCc1ccccn1)C1CCC(N)(C(N)=O)C1. The zero-order valence-electron chi connectivity index (χ0n) is 11.4. The van der Waals surface area contributed by atoms with Gasteiger partial charge < -0.3 is 16.4 Å². The van der Waals surface area contributed by atoms with Crippen LogP contribution in [-0.4, -0.2) is 41.0 Å². The maximum absolute atomic E-state index is 11.3. The molecule has 1 fully saturated rings. The summed E-state index contributed by atoms with van der Waals surface area (Å²) in [5.74, 6) is -0.381. The topological polar surface area (TPSA) is 85.2 Å². The number of hydrogen-bond acceptors (Lipinski definition) is 4. The van der Waals surface area contributed by atoms with Crippen LogP contribution in [0.25, 0.3) is 0 Å². The van der Waals surface area contributed by atoms with Crippen molar-refractivity contribution in [2.24, 2.45) is 11.5 Å². The van der Waals surface area contributed by atoms with Crippen molar-refractivity contribution in [2.45, 2.75) is 37.3 Å². The lowest BCUT2D eigenvalue weighted by molar-refractivity contribution is -0.123. The van der Waals surface area contributed by atoms with E-state index in [1.807, 2.05) is 24.4 Å². The fourth-order valence-corrected chi connectivity index (χ4v) is 2.67. The first-order valence-electron chi connectivity index (χ1n) is 6.70. The van der Waals surface area contributed by atoms with E-state index in [0.29, 0.717) is 18.9 Å². The van der Waals surface area contributed by atoms with Crippen LogP contribution in [0.3, 0.4) is 0 Å². The lowest BCUT2D eigenvalue weighted by Gasteiger charge is -2.26. The molecule has 4 N–H and O–H groups in total. The molecule has 1 aromatic rings. The van der Waals surface area contributed by atoms with Crippen LogP contribution in [0, 0.1) is 0 Å². The number of aromatic nitrogens is 1. The van der Waals surface area contributed by atoms with Crippen molar-refractivity contribution in [3.05, 3.63) is 30.1 Å². The summed E-state index contributed by atoms with van der Waals surface area (Å²) in [7, 11) is 2.07. The number of nitrogens with zero attached hydrogens (tertiary/aromatic N) is 2. The van der Waals surface area contributed by atoms with E-state index in [4.69, 9.17) is 11.5 Å². The molecule has 0 radical (unpaired) electrons. The minimum atomic E-state index is -0.816. The van der Waals surface area contributed by atoms with Crippen LogP contribution in [0.2, 0.25) is 0 Å². The molecular formula is C14H22N4O. The Morgan fingerprint density at radius 2 is 2.37 bits per heavy atom. The molecule has 1 saturated carbocycles. The van der Waals surface area contributed by atoms with Gasteiger partial charge in [-0.3, -0.25) is 9.78 Å². The molecule has 19 heavy (non-hydrogen) atoms. The van der Waals surface area contributed by atoms with E-state index in [2.05, 4.69) is 16.9 Å². The van der Waals surface area contributed by atoms with Gasteiger partial charge in [0.15, 0.2) is 0 Å². The number of primary amides is 1. The van der Waals surface area contributed by atoms with E-state index in [-0.39, 0.29) is 5.91 Å². The Morgan fingerprint density at radius 1 is 1.58 bits per heavy atom. The van der Waals surface area contributed by atoms with Crippen LogP contribution >= 0.6 is 0 Å². The summed E-state index contributed by atoms with van der Waals surface area (Å²) in [5, 5.41) is 0. The molecule has 2 atom stereocenters. The highest BCUT2D eigenvalue weighted by Crippen LogP contribution is 2.30. The Bertz CT molecular complexity index is 436. The van der Waals surface area contributed by atoms with Gasteiger partial charge in [-0.25, -0.2) is 0 Å². The van der Waals surface area contributed by atoms with Gasteiger partial charge >= 0.3 is 0 Å². The molecule has 5 nitrogen and oxygen atoms in total. The van der Waals surface area contributed by atoms with E-state index in [0.717, 1.165) is 25.1 Å². The van der Waals surface area contributed by atoms with Gasteiger partial charge in [-0.2, -0.15) is 0 Å². The predicted octanol–water partition coefficient (Wildman–Crippen LogP) is 0.291. The Labute approximate surface area is 114 Å². The lowest BCUT2D eigenvalue weighted by Crippen LogP contribution is -2.51. The summed E-state index contributed by atoms with van der Waals surface area (Å²) in [6.45, 7) is 0.913. The quantitative estimate of drug-likeness (QED) is 0.798. The molecule has 1 aromatic heterocycles. The molecule has 1 aliphatic rings. The summed E-state index contributed by atoms with van der Waals surface area (Å²) in [5.41, 5.74) is 11.7. The maximum atomic E-state index is 11.3. The Morgan fingerprint density at radius 3 is 2.95 bits per heavy atom. The van der Waals surface area contributed by atoms with Gasteiger partial charge in [0, 0.05) is 30.9 Å². The monoisotopic (exact) mass is 262 g/mol. The standard InChI is InChI=1S/C14H22N4O/c1-18(9-6-11-4-2-3-8-17-11)12-5-7-14(16,10-12)13(15)19/h2-4,8,12H,5-7,9-10,16H2,1H3,(H2,15,19). The zero-order valence-corrected chi connectivity index (χ0v) is 11.4. The second-order valence-corrected chi connectivity index (χ2v) is 5.47. The molecule has 0 aliphatic heterocycles. The van der Waals surface area contributed by atoms with Gasteiger partial charge in [0.1, 0.15) is 0 Å². The van der Waals surface area contributed by atoms with Gasteiger partial charge in [-0.05, 0) is 38.4 Å². The first-order chi connectivity index (χ1) is 9.01. The van der Waals surface area contributed by atoms with Gasteiger partial charge in [0.2, 0.25) is 5.91 Å². The van der Waals surface area contributed by atoms with Crippen molar-refractivity contribution in [1.29, 1.82) is 0 Å². The highest BCUT2D eigenvalue weighted by molar-refractivity contribution is 5.84. The second kappa shape index (κ2) is 5.67. The number of rotatable bonds is 5. The molecule has 0 spiro atoms. The average Bonchev–Trinajstić information content (AvgIpc) is 2.81. The molecule has 1 heterocycles. The summed E-state index contributed by atoms with van der Waals surface area (Å²) in [4.78, 5) is 17.9. The van der Waals surface area contributed by atoms with E-state index < -0.39 is 5.54 Å². The second-order valence-electron chi connectivity index (χ2n) is 5.47. The summed E-state index contributed by atoms with van der Waals surface area (Å²) in [6, 6.07) is 6.27. The van der Waals surface area contributed by atoms with E-state index in [1.54, 1.807) is 0 Å². The highest BCUT2D eigenvalue weighted by atomic mass is 16.1. The lowest BCUT2D eigenvalue weighted by atomic mass is 9.98. The van der Waals surface area contributed by atoms with Crippen LogP contribution in [0.15, 0.2) is 24.4 Å². The van der Waals surface area contributed by atoms with E-state index in [1.165, 1.54) is 0 Å². The number of likely N-dealkylation sites (N-methyl/N-ethyl adjacent to an activating group) is 1. The zero-order chi connectivity index (χ0) is 13.9. The highest BCUT2D eigenvalue weighted by Gasteiger charge is 2.41. The fourth-order valence-electron chi connectivity index (χ4n) is 2.67. The van der Waals surface area contributed by atoms with Gasteiger partial charge in [-0.15, -0.1) is 0 Å². The van der Waals surface area contributed by atoms with Crippen molar-refractivity contribution in [3.63, 3.8) is 0 Å².